The molecule has 0 bridgehead atoms. The van der Waals surface area contributed by atoms with Crippen molar-refractivity contribution in [3.05, 3.63) is 53.1 Å². The summed E-state index contributed by atoms with van der Waals surface area (Å²) in [7, 11) is 1.38. The average molecular weight is 503 g/mol. The van der Waals surface area contributed by atoms with Crippen LogP contribution in [0, 0.1) is 24.6 Å². The molecule has 36 heavy (non-hydrogen) atoms. The normalized spacial score (nSPS) is 13.6. The molecule has 0 aliphatic heterocycles. The van der Waals surface area contributed by atoms with E-state index < -0.39 is 35.9 Å². The number of methoxy groups -OCH3 is 1. The molecule has 2 aromatic rings. The zero-order valence-electron chi connectivity index (χ0n) is 22.0. The molecule has 196 valence electrons. The van der Waals surface area contributed by atoms with Crippen molar-refractivity contribution < 1.29 is 33.0 Å². The highest BCUT2D eigenvalue weighted by atomic mass is 19.1. The second-order valence-electron chi connectivity index (χ2n) is 9.39. The minimum Gasteiger partial charge on any atom is -0.493 e. The molecule has 0 unspecified atom stereocenters. The Hall–Kier alpha value is -3.49. The lowest BCUT2D eigenvalue weighted by Gasteiger charge is -2.27. The molecule has 0 aliphatic carbocycles. The Bertz CT molecular complexity index is 1100. The molecule has 0 radical (unpaired) electrons. The molecule has 0 saturated carbocycles. The number of hydrogen-bond donors (Lipinski definition) is 1. The van der Waals surface area contributed by atoms with Gasteiger partial charge in [-0.15, -0.1) is 0 Å². The third-order valence-corrected chi connectivity index (χ3v) is 5.91. The van der Waals surface area contributed by atoms with E-state index in [1.807, 2.05) is 6.92 Å². The number of esters is 2. The first-order valence-corrected chi connectivity index (χ1v) is 11.9. The highest BCUT2D eigenvalue weighted by molar-refractivity contribution is 5.99. The van der Waals surface area contributed by atoms with Gasteiger partial charge in [-0.05, 0) is 43.0 Å². The van der Waals surface area contributed by atoms with Crippen LogP contribution in [-0.4, -0.2) is 42.1 Å². The van der Waals surface area contributed by atoms with Crippen molar-refractivity contribution in [1.29, 1.82) is 0 Å². The second kappa shape index (κ2) is 12.5. The van der Waals surface area contributed by atoms with Gasteiger partial charge >= 0.3 is 11.9 Å². The molecule has 0 spiro atoms. The maximum Gasteiger partial charge on any atom is 0.329 e. The molecular weight excluding hydrogens is 467 g/mol. The van der Waals surface area contributed by atoms with Crippen LogP contribution in [0.25, 0.3) is 0 Å². The van der Waals surface area contributed by atoms with Crippen LogP contribution in [0.5, 0.6) is 11.5 Å². The number of nitrogens with one attached hydrogen (secondary N) is 1. The number of carbonyl (C=O) groups is 3. The van der Waals surface area contributed by atoms with Crippen molar-refractivity contribution in [2.45, 2.75) is 66.5 Å². The maximum absolute atomic E-state index is 13.5. The van der Waals surface area contributed by atoms with Crippen molar-refractivity contribution in [2.24, 2.45) is 11.8 Å². The Balaban J connectivity index is 2.23. The van der Waals surface area contributed by atoms with Crippen LogP contribution in [-0.2, 0) is 14.3 Å². The van der Waals surface area contributed by atoms with Gasteiger partial charge in [-0.3, -0.25) is 9.59 Å². The number of rotatable bonds is 10. The minimum atomic E-state index is -0.997. The highest BCUT2D eigenvalue weighted by Gasteiger charge is 2.32. The van der Waals surface area contributed by atoms with E-state index in [1.54, 1.807) is 47.6 Å². The maximum atomic E-state index is 13.5. The van der Waals surface area contributed by atoms with E-state index >= 15 is 0 Å². The van der Waals surface area contributed by atoms with Crippen LogP contribution in [0.4, 0.5) is 4.39 Å². The lowest BCUT2D eigenvalue weighted by Crippen LogP contribution is -2.46. The van der Waals surface area contributed by atoms with Crippen LogP contribution < -0.4 is 14.8 Å². The van der Waals surface area contributed by atoms with E-state index in [-0.39, 0.29) is 34.8 Å². The van der Waals surface area contributed by atoms with Gasteiger partial charge in [0.15, 0.2) is 11.4 Å². The van der Waals surface area contributed by atoms with Crippen LogP contribution in [0.1, 0.15) is 69.1 Å². The van der Waals surface area contributed by atoms with E-state index in [1.165, 1.54) is 31.5 Å². The van der Waals surface area contributed by atoms with Gasteiger partial charge in [0.05, 0.1) is 13.0 Å². The number of pyridine rings is 1. The van der Waals surface area contributed by atoms with Crippen LogP contribution >= 0.6 is 0 Å². The summed E-state index contributed by atoms with van der Waals surface area (Å²) in [4.78, 5) is 42.5. The summed E-state index contributed by atoms with van der Waals surface area (Å²) < 4.78 is 29.8. The summed E-state index contributed by atoms with van der Waals surface area (Å²) >= 11 is 0. The molecule has 1 aromatic carbocycles. The summed E-state index contributed by atoms with van der Waals surface area (Å²) in [5.41, 5.74) is 1.43. The largest absolute Gasteiger partial charge is 0.493 e. The van der Waals surface area contributed by atoms with Crippen molar-refractivity contribution >= 4 is 17.8 Å². The smallest absolute Gasteiger partial charge is 0.329 e. The first-order chi connectivity index (χ1) is 16.9. The second-order valence-corrected chi connectivity index (χ2v) is 9.39. The third kappa shape index (κ3) is 7.02. The SMILES string of the molecule is COc1ccnc(C(=O)N[C@H](C(=O)O[C@@H](C)[C@H](C)c2ccc(F)cc2C)C(C)C)c1OC(=O)C(C)C. The fraction of sp³-hybridized carbons (Fsp3) is 0.481. The number of amides is 1. The van der Waals surface area contributed by atoms with Gasteiger partial charge in [-0.1, -0.05) is 40.7 Å². The number of aryl methyl sites for hydroxylation is 1. The quantitative estimate of drug-likeness (QED) is 0.474. The van der Waals surface area contributed by atoms with E-state index in [0.29, 0.717) is 0 Å². The average Bonchev–Trinajstić information content (AvgIpc) is 2.81. The van der Waals surface area contributed by atoms with Crippen LogP contribution in [0.15, 0.2) is 30.5 Å². The standard InChI is InChI=1S/C27H35FN2O6/c1-14(2)22(27(33)35-18(7)17(6)20-10-9-19(28)13-16(20)5)30-25(31)23-24(36-26(32)15(3)4)21(34-8)11-12-29-23/h9-15,17-18,22H,1-8H3,(H,30,31)/t17-,18-,22-/m0/s1. The number of nitrogens with zero attached hydrogens (tertiary/aromatic N) is 1. The first-order valence-electron chi connectivity index (χ1n) is 11.9. The number of halogens is 1. The molecule has 3 atom stereocenters. The van der Waals surface area contributed by atoms with Crippen molar-refractivity contribution in [3.8, 4) is 11.5 Å². The number of benzene rings is 1. The molecule has 0 saturated heterocycles. The summed E-state index contributed by atoms with van der Waals surface area (Å²) in [5.74, 6) is -3.17. The molecule has 1 heterocycles. The number of carbonyl (C=O) groups excluding carboxylic acids is 3. The molecule has 0 aliphatic rings. The predicted molar refractivity (Wildman–Crippen MR) is 132 cm³/mol. The fourth-order valence-corrected chi connectivity index (χ4v) is 3.54. The predicted octanol–water partition coefficient (Wildman–Crippen LogP) is 4.59. The van der Waals surface area contributed by atoms with Gasteiger partial charge < -0.3 is 19.5 Å². The summed E-state index contributed by atoms with van der Waals surface area (Å²) in [6.45, 7) is 12.3. The van der Waals surface area contributed by atoms with Gasteiger partial charge in [-0.25, -0.2) is 14.2 Å². The number of aromatic nitrogens is 1. The molecule has 9 heteroatoms. The van der Waals surface area contributed by atoms with E-state index in [4.69, 9.17) is 14.2 Å². The van der Waals surface area contributed by atoms with Gasteiger partial charge in [0.2, 0.25) is 5.75 Å². The molecule has 2 rings (SSSR count). The number of hydrogen-bond acceptors (Lipinski definition) is 7. The van der Waals surface area contributed by atoms with Crippen molar-refractivity contribution in [3.63, 3.8) is 0 Å². The van der Waals surface area contributed by atoms with Crippen molar-refractivity contribution in [1.82, 2.24) is 10.3 Å². The van der Waals surface area contributed by atoms with E-state index in [0.717, 1.165) is 11.1 Å². The van der Waals surface area contributed by atoms with Gasteiger partial charge in [-0.2, -0.15) is 0 Å². The van der Waals surface area contributed by atoms with Gasteiger partial charge in [0.25, 0.3) is 5.91 Å². The van der Waals surface area contributed by atoms with Gasteiger partial charge in [0, 0.05) is 18.2 Å². The Morgan fingerprint density at radius 3 is 2.22 bits per heavy atom. The molecule has 1 amide bonds. The topological polar surface area (TPSA) is 104 Å². The van der Waals surface area contributed by atoms with Crippen LogP contribution in [0.3, 0.4) is 0 Å². The van der Waals surface area contributed by atoms with Gasteiger partial charge in [0.1, 0.15) is 18.0 Å². The summed E-state index contributed by atoms with van der Waals surface area (Å²) in [6.07, 6.45) is 0.801. The minimum absolute atomic E-state index is 0.124. The Labute approximate surface area is 211 Å². The molecular formula is C27H35FN2O6. The summed E-state index contributed by atoms with van der Waals surface area (Å²) in [5, 5.41) is 2.66. The zero-order valence-corrected chi connectivity index (χ0v) is 22.0. The van der Waals surface area contributed by atoms with Crippen LogP contribution in [0.2, 0.25) is 0 Å². The molecule has 1 N–H and O–H groups in total. The Kier molecular flexibility index (Phi) is 9.95. The lowest BCUT2D eigenvalue weighted by atomic mass is 9.92. The highest BCUT2D eigenvalue weighted by Crippen LogP contribution is 2.31. The lowest BCUT2D eigenvalue weighted by molar-refractivity contribution is -0.152. The molecule has 1 aromatic heterocycles. The van der Waals surface area contributed by atoms with E-state index in [9.17, 15) is 18.8 Å². The molecule has 8 nitrogen and oxygen atoms in total. The zero-order chi connectivity index (χ0) is 27.2. The van der Waals surface area contributed by atoms with E-state index in [2.05, 4.69) is 10.3 Å². The third-order valence-electron chi connectivity index (χ3n) is 5.91. The van der Waals surface area contributed by atoms with Crippen molar-refractivity contribution in [2.75, 3.05) is 7.11 Å². The summed E-state index contributed by atoms with van der Waals surface area (Å²) in [6, 6.07) is 4.95. The molecule has 0 fully saturated rings. The Morgan fingerprint density at radius 2 is 1.67 bits per heavy atom. The fourth-order valence-electron chi connectivity index (χ4n) is 3.54. The number of ether oxygens (including phenoxy) is 3. The Morgan fingerprint density at radius 1 is 1.00 bits per heavy atom. The monoisotopic (exact) mass is 502 g/mol. The first kappa shape index (κ1) is 28.7.